The first-order valence-corrected chi connectivity index (χ1v) is 9.16. The lowest BCUT2D eigenvalue weighted by molar-refractivity contribution is 0.0469. The second kappa shape index (κ2) is 7.94. The van der Waals surface area contributed by atoms with Crippen LogP contribution in [0.1, 0.15) is 52.9 Å². The van der Waals surface area contributed by atoms with E-state index in [1.165, 1.54) is 45.2 Å². The van der Waals surface area contributed by atoms with Crippen molar-refractivity contribution in [2.75, 3.05) is 33.7 Å². The second-order valence-corrected chi connectivity index (χ2v) is 7.75. The van der Waals surface area contributed by atoms with E-state index in [-0.39, 0.29) is 0 Å². The fourth-order valence-corrected chi connectivity index (χ4v) is 4.41. The van der Waals surface area contributed by atoms with Crippen LogP contribution in [0.25, 0.3) is 0 Å². The normalized spacial score (nSPS) is 33.0. The number of piperidine rings is 1. The Morgan fingerprint density at radius 1 is 1.14 bits per heavy atom. The molecular formula is C18H37N3. The van der Waals surface area contributed by atoms with Crippen LogP contribution < -0.4 is 5.32 Å². The second-order valence-electron chi connectivity index (χ2n) is 7.75. The van der Waals surface area contributed by atoms with Crippen molar-refractivity contribution in [1.29, 1.82) is 0 Å². The maximum absolute atomic E-state index is 3.77. The van der Waals surface area contributed by atoms with Gasteiger partial charge in [-0.2, -0.15) is 0 Å². The van der Waals surface area contributed by atoms with Crippen LogP contribution >= 0.6 is 0 Å². The van der Waals surface area contributed by atoms with Crippen LogP contribution in [0, 0.1) is 11.8 Å². The van der Waals surface area contributed by atoms with Crippen molar-refractivity contribution in [1.82, 2.24) is 15.1 Å². The van der Waals surface area contributed by atoms with Gasteiger partial charge >= 0.3 is 0 Å². The highest BCUT2D eigenvalue weighted by Gasteiger charge is 2.36. The first-order chi connectivity index (χ1) is 10.0. The molecule has 124 valence electrons. The number of nitrogens with zero attached hydrogens (tertiary/aromatic N) is 2. The third kappa shape index (κ3) is 4.43. The molecule has 1 heterocycles. The number of hydrogen-bond donors (Lipinski definition) is 1. The monoisotopic (exact) mass is 295 g/mol. The molecule has 1 N–H and O–H groups in total. The molecule has 0 spiro atoms. The van der Waals surface area contributed by atoms with Crippen molar-refractivity contribution in [3.8, 4) is 0 Å². The lowest BCUT2D eigenvalue weighted by atomic mass is 9.76. The molecule has 1 saturated heterocycles. The Kier molecular flexibility index (Phi) is 6.51. The van der Waals surface area contributed by atoms with E-state index in [0.717, 1.165) is 30.5 Å². The predicted molar refractivity (Wildman–Crippen MR) is 91.7 cm³/mol. The molecular weight excluding hydrogens is 258 g/mol. The zero-order valence-corrected chi connectivity index (χ0v) is 14.9. The van der Waals surface area contributed by atoms with Crippen molar-refractivity contribution >= 4 is 0 Å². The van der Waals surface area contributed by atoms with Gasteiger partial charge in [0.1, 0.15) is 0 Å². The van der Waals surface area contributed by atoms with Gasteiger partial charge in [0.05, 0.1) is 0 Å². The fraction of sp³-hybridized carbons (Fsp3) is 1.00. The van der Waals surface area contributed by atoms with Crippen LogP contribution in [0.3, 0.4) is 0 Å². The summed E-state index contributed by atoms with van der Waals surface area (Å²) in [5.74, 6) is 1.75. The number of likely N-dealkylation sites (N-methyl/N-ethyl adjacent to an activating group) is 2. The van der Waals surface area contributed by atoms with Crippen LogP contribution in [0.15, 0.2) is 0 Å². The molecule has 1 aliphatic carbocycles. The number of nitrogens with one attached hydrogen (secondary N) is 1. The SMILES string of the molecule is CCNC1CCC(C(C)C)CC1N(C)C1CCN(C)CC1. The van der Waals surface area contributed by atoms with E-state index in [2.05, 4.69) is 50.0 Å². The molecule has 1 aliphatic heterocycles. The number of likely N-dealkylation sites (tertiary alicyclic amines) is 1. The number of hydrogen-bond acceptors (Lipinski definition) is 3. The molecule has 2 fully saturated rings. The van der Waals surface area contributed by atoms with Gasteiger partial charge in [-0.05, 0) is 77.7 Å². The molecule has 3 heteroatoms. The quantitative estimate of drug-likeness (QED) is 0.841. The maximum Gasteiger partial charge on any atom is 0.0251 e. The van der Waals surface area contributed by atoms with Crippen LogP contribution in [0.5, 0.6) is 0 Å². The summed E-state index contributed by atoms with van der Waals surface area (Å²) in [6.45, 7) is 10.7. The molecule has 0 aromatic carbocycles. The standard InChI is InChI=1S/C18H37N3/c1-6-19-17-8-7-15(14(2)3)13-18(17)21(5)16-9-11-20(4)12-10-16/h14-19H,6-13H2,1-5H3. The largest absolute Gasteiger partial charge is 0.313 e. The van der Waals surface area contributed by atoms with Gasteiger partial charge in [-0.15, -0.1) is 0 Å². The van der Waals surface area contributed by atoms with Crippen molar-refractivity contribution in [2.24, 2.45) is 11.8 Å². The van der Waals surface area contributed by atoms with Gasteiger partial charge in [-0.1, -0.05) is 20.8 Å². The minimum Gasteiger partial charge on any atom is -0.313 e. The maximum atomic E-state index is 3.77. The lowest BCUT2D eigenvalue weighted by Gasteiger charge is -2.47. The molecule has 0 aromatic rings. The van der Waals surface area contributed by atoms with Crippen LogP contribution in [-0.2, 0) is 0 Å². The van der Waals surface area contributed by atoms with Crippen molar-refractivity contribution in [3.05, 3.63) is 0 Å². The van der Waals surface area contributed by atoms with E-state index >= 15 is 0 Å². The van der Waals surface area contributed by atoms with E-state index in [0.29, 0.717) is 6.04 Å². The summed E-state index contributed by atoms with van der Waals surface area (Å²) in [6.07, 6.45) is 6.84. The molecule has 0 amide bonds. The third-order valence-electron chi connectivity index (χ3n) is 6.05. The molecule has 21 heavy (non-hydrogen) atoms. The average molecular weight is 296 g/mol. The molecule has 2 rings (SSSR count). The number of rotatable bonds is 5. The first-order valence-electron chi connectivity index (χ1n) is 9.16. The van der Waals surface area contributed by atoms with E-state index in [1.807, 2.05) is 0 Å². The molecule has 0 radical (unpaired) electrons. The van der Waals surface area contributed by atoms with Gasteiger partial charge in [-0.3, -0.25) is 4.90 Å². The summed E-state index contributed by atoms with van der Waals surface area (Å²) in [5, 5.41) is 3.77. The predicted octanol–water partition coefficient (Wildman–Crippen LogP) is 2.82. The molecule has 1 saturated carbocycles. The third-order valence-corrected chi connectivity index (χ3v) is 6.05. The van der Waals surface area contributed by atoms with Crippen molar-refractivity contribution in [2.45, 2.75) is 71.0 Å². The van der Waals surface area contributed by atoms with Crippen LogP contribution in [-0.4, -0.2) is 61.7 Å². The van der Waals surface area contributed by atoms with E-state index < -0.39 is 0 Å². The fourth-order valence-electron chi connectivity index (χ4n) is 4.41. The van der Waals surface area contributed by atoms with Crippen LogP contribution in [0.2, 0.25) is 0 Å². The van der Waals surface area contributed by atoms with Gasteiger partial charge in [0.2, 0.25) is 0 Å². The molecule has 3 atom stereocenters. The topological polar surface area (TPSA) is 18.5 Å². The summed E-state index contributed by atoms with van der Waals surface area (Å²) >= 11 is 0. The van der Waals surface area contributed by atoms with E-state index in [4.69, 9.17) is 0 Å². The van der Waals surface area contributed by atoms with Crippen LogP contribution in [0.4, 0.5) is 0 Å². The van der Waals surface area contributed by atoms with Gasteiger partial charge in [-0.25, -0.2) is 0 Å². The summed E-state index contributed by atoms with van der Waals surface area (Å²) in [5.41, 5.74) is 0. The molecule has 0 bridgehead atoms. The lowest BCUT2D eigenvalue weighted by Crippen LogP contribution is -2.56. The van der Waals surface area contributed by atoms with Gasteiger partial charge in [0.25, 0.3) is 0 Å². The summed E-state index contributed by atoms with van der Waals surface area (Å²) in [4.78, 5) is 5.22. The van der Waals surface area contributed by atoms with E-state index in [1.54, 1.807) is 0 Å². The zero-order chi connectivity index (χ0) is 15.4. The minimum atomic E-state index is 0.703. The Hall–Kier alpha value is -0.120. The summed E-state index contributed by atoms with van der Waals surface area (Å²) in [6, 6.07) is 2.23. The Labute approximate surface area is 132 Å². The Morgan fingerprint density at radius 2 is 1.81 bits per heavy atom. The van der Waals surface area contributed by atoms with Gasteiger partial charge < -0.3 is 10.2 Å². The summed E-state index contributed by atoms with van der Waals surface area (Å²) in [7, 11) is 4.65. The zero-order valence-electron chi connectivity index (χ0n) is 14.9. The molecule has 2 aliphatic rings. The Bertz CT molecular complexity index is 297. The Balaban J connectivity index is 2.00. The highest BCUT2D eigenvalue weighted by Crippen LogP contribution is 2.34. The van der Waals surface area contributed by atoms with Gasteiger partial charge in [0.15, 0.2) is 0 Å². The highest BCUT2D eigenvalue weighted by molar-refractivity contribution is 4.93. The summed E-state index contributed by atoms with van der Waals surface area (Å²) < 4.78 is 0. The van der Waals surface area contributed by atoms with Crippen molar-refractivity contribution < 1.29 is 0 Å². The molecule has 0 aromatic heterocycles. The Morgan fingerprint density at radius 3 is 2.38 bits per heavy atom. The van der Waals surface area contributed by atoms with E-state index in [9.17, 15) is 0 Å². The van der Waals surface area contributed by atoms with Crippen molar-refractivity contribution in [3.63, 3.8) is 0 Å². The first kappa shape index (κ1) is 17.2. The van der Waals surface area contributed by atoms with Gasteiger partial charge in [0, 0.05) is 18.1 Å². The molecule has 3 nitrogen and oxygen atoms in total. The smallest absolute Gasteiger partial charge is 0.0251 e. The highest BCUT2D eigenvalue weighted by atomic mass is 15.2. The molecule has 3 unspecified atom stereocenters. The average Bonchev–Trinajstić information content (AvgIpc) is 2.48. The minimum absolute atomic E-state index is 0.703.